The van der Waals surface area contributed by atoms with E-state index in [0.717, 1.165) is 30.2 Å². The van der Waals surface area contributed by atoms with E-state index in [9.17, 15) is 13.2 Å². The Morgan fingerprint density at radius 2 is 2.00 bits per heavy atom. The van der Waals surface area contributed by atoms with E-state index < -0.39 is 10.0 Å². The zero-order valence-corrected chi connectivity index (χ0v) is 14.9. The fourth-order valence-electron chi connectivity index (χ4n) is 2.95. The van der Waals surface area contributed by atoms with Crippen molar-refractivity contribution in [2.45, 2.75) is 45.1 Å². The second-order valence-electron chi connectivity index (χ2n) is 6.44. The highest BCUT2D eigenvalue weighted by Crippen LogP contribution is 2.23. The second-order valence-corrected chi connectivity index (χ2v) is 8.09. The van der Waals surface area contributed by atoms with Gasteiger partial charge >= 0.3 is 0 Å². The van der Waals surface area contributed by atoms with E-state index in [4.69, 9.17) is 0 Å². The molecule has 24 heavy (non-hydrogen) atoms. The number of amides is 1. The first kappa shape index (κ1) is 18.7. The van der Waals surface area contributed by atoms with Crippen LogP contribution in [0.1, 0.15) is 44.6 Å². The molecule has 1 saturated carbocycles. The van der Waals surface area contributed by atoms with Crippen molar-refractivity contribution in [3.8, 4) is 0 Å². The molecule has 1 aliphatic carbocycles. The van der Waals surface area contributed by atoms with Crippen LogP contribution in [0, 0.1) is 5.92 Å². The largest absolute Gasteiger partial charge is 0.353 e. The van der Waals surface area contributed by atoms with E-state index in [0.29, 0.717) is 5.92 Å². The number of nitrogens with one attached hydrogen (secondary N) is 2. The van der Waals surface area contributed by atoms with Crippen molar-refractivity contribution >= 4 is 22.0 Å². The van der Waals surface area contributed by atoms with Gasteiger partial charge in [0.2, 0.25) is 15.9 Å². The molecule has 2 unspecified atom stereocenters. The van der Waals surface area contributed by atoms with Crippen LogP contribution < -0.4 is 10.0 Å². The molecule has 0 aliphatic heterocycles. The number of benzene rings is 1. The minimum absolute atomic E-state index is 0.0937. The molecular formula is C18H26N2O3S. The lowest BCUT2D eigenvalue weighted by Crippen LogP contribution is -2.39. The van der Waals surface area contributed by atoms with Crippen molar-refractivity contribution in [2.24, 2.45) is 5.92 Å². The van der Waals surface area contributed by atoms with Crippen LogP contribution in [0.15, 0.2) is 35.7 Å². The fourth-order valence-corrected chi connectivity index (χ4v) is 3.77. The SMILES string of the molecule is CC1CCCC(NC(=O)CCNS(=O)(=O)/C=C/c2ccccc2)C1. The Morgan fingerprint density at radius 1 is 1.25 bits per heavy atom. The molecule has 1 amide bonds. The summed E-state index contributed by atoms with van der Waals surface area (Å²) in [5.74, 6) is 0.550. The van der Waals surface area contributed by atoms with Gasteiger partial charge in [0.1, 0.15) is 0 Å². The summed E-state index contributed by atoms with van der Waals surface area (Å²) >= 11 is 0. The van der Waals surface area contributed by atoms with Crippen LogP contribution in [-0.4, -0.2) is 26.9 Å². The van der Waals surface area contributed by atoms with Gasteiger partial charge in [0.05, 0.1) is 0 Å². The van der Waals surface area contributed by atoms with Crippen molar-refractivity contribution in [1.29, 1.82) is 0 Å². The quantitative estimate of drug-likeness (QED) is 0.794. The van der Waals surface area contributed by atoms with E-state index >= 15 is 0 Å². The molecule has 5 nitrogen and oxygen atoms in total. The molecule has 0 radical (unpaired) electrons. The van der Waals surface area contributed by atoms with E-state index in [1.165, 1.54) is 12.5 Å². The number of hydrogen-bond acceptors (Lipinski definition) is 3. The molecule has 0 saturated heterocycles. The van der Waals surface area contributed by atoms with E-state index in [1.807, 2.05) is 30.3 Å². The molecule has 0 heterocycles. The van der Waals surface area contributed by atoms with Crippen LogP contribution in [0.5, 0.6) is 0 Å². The van der Waals surface area contributed by atoms with Crippen molar-refractivity contribution < 1.29 is 13.2 Å². The number of carbonyl (C=O) groups is 1. The van der Waals surface area contributed by atoms with Crippen LogP contribution in [0.25, 0.3) is 6.08 Å². The molecule has 1 fully saturated rings. The third-order valence-corrected chi connectivity index (χ3v) is 5.30. The predicted molar refractivity (Wildman–Crippen MR) is 96.6 cm³/mol. The summed E-state index contributed by atoms with van der Waals surface area (Å²) in [6, 6.07) is 9.44. The molecular weight excluding hydrogens is 324 g/mol. The normalized spacial score (nSPS) is 21.7. The topological polar surface area (TPSA) is 75.3 Å². The van der Waals surface area contributed by atoms with Gasteiger partial charge in [-0.25, -0.2) is 13.1 Å². The molecule has 0 bridgehead atoms. The third kappa shape index (κ3) is 6.84. The zero-order chi connectivity index (χ0) is 17.4. The lowest BCUT2D eigenvalue weighted by atomic mass is 9.87. The van der Waals surface area contributed by atoms with Crippen LogP contribution in [0.2, 0.25) is 0 Å². The minimum atomic E-state index is -3.53. The Morgan fingerprint density at radius 3 is 2.71 bits per heavy atom. The molecule has 2 rings (SSSR count). The zero-order valence-electron chi connectivity index (χ0n) is 14.1. The minimum Gasteiger partial charge on any atom is -0.353 e. The fraction of sp³-hybridized carbons (Fsp3) is 0.500. The number of sulfonamides is 1. The number of carbonyl (C=O) groups excluding carboxylic acids is 1. The van der Waals surface area contributed by atoms with Crippen molar-refractivity contribution in [3.63, 3.8) is 0 Å². The van der Waals surface area contributed by atoms with E-state index in [1.54, 1.807) is 0 Å². The highest BCUT2D eigenvalue weighted by Gasteiger charge is 2.20. The Balaban J connectivity index is 1.72. The van der Waals surface area contributed by atoms with Gasteiger partial charge in [-0.3, -0.25) is 4.79 Å². The molecule has 6 heteroatoms. The molecule has 0 spiro atoms. The van der Waals surface area contributed by atoms with Crippen LogP contribution >= 0.6 is 0 Å². The standard InChI is InChI=1S/C18H26N2O3S/c1-15-6-5-9-17(14-15)20-18(21)10-12-19-24(22,23)13-11-16-7-3-2-4-8-16/h2-4,7-8,11,13,15,17,19H,5-6,9-10,12,14H2,1H3,(H,20,21)/b13-11+. The van der Waals surface area contributed by atoms with Gasteiger partial charge in [-0.05, 0) is 30.4 Å². The maximum absolute atomic E-state index is 11.9. The summed E-state index contributed by atoms with van der Waals surface area (Å²) in [5.41, 5.74) is 0.812. The lowest BCUT2D eigenvalue weighted by molar-refractivity contribution is -0.121. The molecule has 0 aromatic heterocycles. The molecule has 2 N–H and O–H groups in total. The Labute approximate surface area is 144 Å². The predicted octanol–water partition coefficient (Wildman–Crippen LogP) is 2.66. The maximum Gasteiger partial charge on any atom is 0.233 e. The first-order chi connectivity index (χ1) is 11.4. The summed E-state index contributed by atoms with van der Waals surface area (Å²) in [6.45, 7) is 2.31. The van der Waals surface area contributed by atoms with Crippen molar-refractivity contribution in [3.05, 3.63) is 41.3 Å². The first-order valence-corrected chi connectivity index (χ1v) is 10.0. The monoisotopic (exact) mass is 350 g/mol. The van der Waals surface area contributed by atoms with Gasteiger partial charge in [0.15, 0.2) is 0 Å². The summed E-state index contributed by atoms with van der Waals surface area (Å²) in [7, 11) is -3.53. The molecule has 1 aromatic rings. The number of rotatable bonds is 7. The first-order valence-electron chi connectivity index (χ1n) is 8.47. The van der Waals surface area contributed by atoms with Gasteiger partial charge in [-0.2, -0.15) is 0 Å². The molecule has 1 aromatic carbocycles. The maximum atomic E-state index is 11.9. The van der Waals surface area contributed by atoms with E-state index in [2.05, 4.69) is 17.0 Å². The Hall–Kier alpha value is -1.66. The van der Waals surface area contributed by atoms with Gasteiger partial charge in [0.25, 0.3) is 0 Å². The van der Waals surface area contributed by atoms with Crippen molar-refractivity contribution in [2.75, 3.05) is 6.54 Å². The molecule has 132 valence electrons. The average Bonchev–Trinajstić information content (AvgIpc) is 2.54. The lowest BCUT2D eigenvalue weighted by Gasteiger charge is -2.27. The van der Waals surface area contributed by atoms with Gasteiger partial charge in [-0.15, -0.1) is 0 Å². The van der Waals surface area contributed by atoms with Gasteiger partial charge < -0.3 is 5.32 Å². The number of hydrogen-bond donors (Lipinski definition) is 2. The van der Waals surface area contributed by atoms with Crippen LogP contribution in [0.3, 0.4) is 0 Å². The van der Waals surface area contributed by atoms with Crippen LogP contribution in [0.4, 0.5) is 0 Å². The summed E-state index contributed by atoms with van der Waals surface area (Å²) < 4.78 is 26.2. The molecule has 2 atom stereocenters. The smallest absolute Gasteiger partial charge is 0.233 e. The second kappa shape index (κ2) is 8.99. The Bertz CT molecular complexity index is 656. The van der Waals surface area contributed by atoms with Gasteiger partial charge in [0, 0.05) is 24.4 Å². The average molecular weight is 350 g/mol. The summed E-state index contributed by atoms with van der Waals surface area (Å²) in [4.78, 5) is 11.9. The van der Waals surface area contributed by atoms with Crippen LogP contribution in [-0.2, 0) is 14.8 Å². The summed E-state index contributed by atoms with van der Waals surface area (Å²) in [6.07, 6.45) is 6.08. The summed E-state index contributed by atoms with van der Waals surface area (Å²) in [5, 5.41) is 4.13. The third-order valence-electron chi connectivity index (χ3n) is 4.20. The Kier molecular flexibility index (Phi) is 6.99. The molecule has 1 aliphatic rings. The highest BCUT2D eigenvalue weighted by molar-refractivity contribution is 7.92. The highest BCUT2D eigenvalue weighted by atomic mass is 32.2. The van der Waals surface area contributed by atoms with Crippen molar-refractivity contribution in [1.82, 2.24) is 10.0 Å². The van der Waals surface area contributed by atoms with E-state index in [-0.39, 0.29) is 24.9 Å². The van der Waals surface area contributed by atoms with Gasteiger partial charge in [-0.1, -0.05) is 50.1 Å².